The number of nitrogens with zero attached hydrogens (tertiary/aromatic N) is 1. The van der Waals surface area contributed by atoms with Gasteiger partial charge in [-0.25, -0.2) is 4.79 Å². The van der Waals surface area contributed by atoms with E-state index in [1.807, 2.05) is 0 Å². The second kappa shape index (κ2) is 6.01. The molecule has 2 atom stereocenters. The van der Waals surface area contributed by atoms with Crippen LogP contribution in [-0.2, 0) is 9.59 Å². The Kier molecular flexibility index (Phi) is 4.36. The molecule has 0 bridgehead atoms. The Labute approximate surface area is 111 Å². The minimum Gasteiger partial charge on any atom is -0.396 e. The first-order valence-corrected chi connectivity index (χ1v) is 6.57. The zero-order chi connectivity index (χ0) is 13.8. The number of nitrogens with one attached hydrogen (secondary N) is 2. The first kappa shape index (κ1) is 13.8. The summed E-state index contributed by atoms with van der Waals surface area (Å²) in [4.78, 5) is 35.2. The lowest BCUT2D eigenvalue weighted by Crippen LogP contribution is -2.42. The molecule has 2 rings (SSSR count). The van der Waals surface area contributed by atoms with Crippen LogP contribution in [0.3, 0.4) is 0 Å². The van der Waals surface area contributed by atoms with Gasteiger partial charge in [0.05, 0.1) is 6.54 Å². The summed E-state index contributed by atoms with van der Waals surface area (Å²) in [6.07, 6.45) is 3.05. The van der Waals surface area contributed by atoms with Crippen molar-refractivity contribution in [3.8, 4) is 0 Å². The van der Waals surface area contributed by atoms with Gasteiger partial charge in [0, 0.05) is 13.2 Å². The summed E-state index contributed by atoms with van der Waals surface area (Å²) in [5.74, 6) is -0.183. The molecule has 2 aliphatic rings. The Morgan fingerprint density at radius 3 is 2.74 bits per heavy atom. The molecule has 0 aromatic rings. The van der Waals surface area contributed by atoms with E-state index in [4.69, 9.17) is 0 Å². The van der Waals surface area contributed by atoms with Crippen molar-refractivity contribution in [2.75, 3.05) is 26.2 Å². The monoisotopic (exact) mass is 269 g/mol. The minimum atomic E-state index is -0.519. The third kappa shape index (κ3) is 3.23. The number of carbonyl (C=O) groups is 3. The second-order valence-electron chi connectivity index (χ2n) is 5.08. The average Bonchev–Trinajstić information content (AvgIpc) is 2.97. The third-order valence-electron chi connectivity index (χ3n) is 3.85. The topological polar surface area (TPSA) is 98.7 Å². The molecule has 0 aromatic carbocycles. The van der Waals surface area contributed by atoms with Crippen molar-refractivity contribution in [1.82, 2.24) is 15.5 Å². The summed E-state index contributed by atoms with van der Waals surface area (Å²) < 4.78 is 0. The van der Waals surface area contributed by atoms with E-state index in [1.165, 1.54) is 0 Å². The van der Waals surface area contributed by atoms with E-state index in [9.17, 15) is 19.5 Å². The molecule has 1 heterocycles. The van der Waals surface area contributed by atoms with Crippen LogP contribution in [0.4, 0.5) is 4.79 Å². The molecule has 1 saturated heterocycles. The number of amides is 4. The van der Waals surface area contributed by atoms with Gasteiger partial charge >= 0.3 is 6.03 Å². The van der Waals surface area contributed by atoms with E-state index in [1.54, 1.807) is 0 Å². The maximum absolute atomic E-state index is 11.7. The van der Waals surface area contributed by atoms with Crippen molar-refractivity contribution in [2.24, 2.45) is 11.8 Å². The molecule has 0 radical (unpaired) electrons. The van der Waals surface area contributed by atoms with Gasteiger partial charge in [-0.15, -0.1) is 0 Å². The van der Waals surface area contributed by atoms with Crippen LogP contribution in [0, 0.1) is 11.8 Å². The predicted molar refractivity (Wildman–Crippen MR) is 66.0 cm³/mol. The number of imide groups is 1. The fraction of sp³-hybridized carbons (Fsp3) is 0.750. The molecular formula is C12H19N3O4. The van der Waals surface area contributed by atoms with Crippen LogP contribution in [0.2, 0.25) is 0 Å². The smallest absolute Gasteiger partial charge is 0.325 e. The standard InChI is InChI=1S/C12H19N3O4/c16-7-9-3-1-2-8(9)4-13-10(17)6-15-11(18)5-14-12(15)19/h8-9,16H,1-7H2,(H,13,17)(H,14,19). The van der Waals surface area contributed by atoms with E-state index < -0.39 is 6.03 Å². The predicted octanol–water partition coefficient (Wildman–Crippen LogP) is -0.937. The van der Waals surface area contributed by atoms with Crippen LogP contribution in [-0.4, -0.2) is 54.1 Å². The number of urea groups is 1. The summed E-state index contributed by atoms with van der Waals surface area (Å²) >= 11 is 0. The fourth-order valence-electron chi connectivity index (χ4n) is 2.68. The van der Waals surface area contributed by atoms with Gasteiger partial charge in [-0.1, -0.05) is 6.42 Å². The molecule has 106 valence electrons. The van der Waals surface area contributed by atoms with E-state index >= 15 is 0 Å². The van der Waals surface area contributed by atoms with Crippen molar-refractivity contribution in [2.45, 2.75) is 19.3 Å². The lowest BCUT2D eigenvalue weighted by molar-refractivity contribution is -0.130. The molecular weight excluding hydrogens is 250 g/mol. The van der Waals surface area contributed by atoms with Crippen LogP contribution in [0.25, 0.3) is 0 Å². The van der Waals surface area contributed by atoms with E-state index in [2.05, 4.69) is 10.6 Å². The largest absolute Gasteiger partial charge is 0.396 e. The second-order valence-corrected chi connectivity index (χ2v) is 5.08. The summed E-state index contributed by atoms with van der Waals surface area (Å²) in [5.41, 5.74) is 0. The molecule has 7 nitrogen and oxygen atoms in total. The number of aliphatic hydroxyl groups is 1. The van der Waals surface area contributed by atoms with Gasteiger partial charge in [-0.2, -0.15) is 0 Å². The lowest BCUT2D eigenvalue weighted by Gasteiger charge is -2.18. The number of rotatable bonds is 5. The van der Waals surface area contributed by atoms with Crippen molar-refractivity contribution in [3.63, 3.8) is 0 Å². The quantitative estimate of drug-likeness (QED) is 0.561. The van der Waals surface area contributed by atoms with Gasteiger partial charge < -0.3 is 15.7 Å². The van der Waals surface area contributed by atoms with Gasteiger partial charge in [-0.3, -0.25) is 14.5 Å². The molecule has 1 saturated carbocycles. The first-order chi connectivity index (χ1) is 9.11. The van der Waals surface area contributed by atoms with Gasteiger partial charge in [-0.05, 0) is 24.7 Å². The lowest BCUT2D eigenvalue weighted by atomic mass is 9.97. The van der Waals surface area contributed by atoms with Gasteiger partial charge in [0.25, 0.3) is 5.91 Å². The number of hydrogen-bond donors (Lipinski definition) is 3. The fourth-order valence-corrected chi connectivity index (χ4v) is 2.68. The third-order valence-corrected chi connectivity index (χ3v) is 3.85. The molecule has 2 unspecified atom stereocenters. The average molecular weight is 269 g/mol. The van der Waals surface area contributed by atoms with Crippen LogP contribution in [0.1, 0.15) is 19.3 Å². The zero-order valence-corrected chi connectivity index (χ0v) is 10.7. The Morgan fingerprint density at radius 1 is 1.37 bits per heavy atom. The highest BCUT2D eigenvalue weighted by Gasteiger charge is 2.31. The molecule has 1 aliphatic heterocycles. The number of aliphatic hydroxyl groups excluding tert-OH is 1. The minimum absolute atomic E-state index is 0.0404. The van der Waals surface area contributed by atoms with Crippen LogP contribution in [0.5, 0.6) is 0 Å². The summed E-state index contributed by atoms with van der Waals surface area (Å²) in [6.45, 7) is 0.365. The molecule has 4 amide bonds. The summed E-state index contributed by atoms with van der Waals surface area (Å²) in [6, 6.07) is -0.519. The van der Waals surface area contributed by atoms with Crippen molar-refractivity contribution < 1.29 is 19.5 Å². The first-order valence-electron chi connectivity index (χ1n) is 6.57. The molecule has 2 fully saturated rings. The van der Waals surface area contributed by atoms with Gasteiger partial charge in [0.1, 0.15) is 6.54 Å². The van der Waals surface area contributed by atoms with Crippen LogP contribution in [0.15, 0.2) is 0 Å². The Bertz CT molecular complexity index is 369. The highest BCUT2D eigenvalue weighted by Crippen LogP contribution is 2.30. The molecule has 3 N–H and O–H groups in total. The molecule has 0 spiro atoms. The van der Waals surface area contributed by atoms with Crippen LogP contribution >= 0.6 is 0 Å². The number of carbonyl (C=O) groups excluding carboxylic acids is 3. The number of hydrogen-bond acceptors (Lipinski definition) is 4. The normalized spacial score (nSPS) is 26.7. The maximum atomic E-state index is 11.7. The zero-order valence-electron chi connectivity index (χ0n) is 10.7. The van der Waals surface area contributed by atoms with Gasteiger partial charge in [0.2, 0.25) is 5.91 Å². The SMILES string of the molecule is O=C(CN1C(=O)CNC1=O)NCC1CCCC1CO. The Hall–Kier alpha value is -1.63. The van der Waals surface area contributed by atoms with Crippen LogP contribution < -0.4 is 10.6 Å². The van der Waals surface area contributed by atoms with E-state index in [0.717, 1.165) is 24.2 Å². The van der Waals surface area contributed by atoms with Crippen molar-refractivity contribution in [3.05, 3.63) is 0 Å². The van der Waals surface area contributed by atoms with Crippen molar-refractivity contribution in [1.29, 1.82) is 0 Å². The molecule has 0 aromatic heterocycles. The summed E-state index contributed by atoms with van der Waals surface area (Å²) in [5, 5.41) is 14.3. The van der Waals surface area contributed by atoms with E-state index in [-0.39, 0.29) is 43.3 Å². The Balaban J connectivity index is 1.75. The Morgan fingerprint density at radius 2 is 2.11 bits per heavy atom. The van der Waals surface area contributed by atoms with Gasteiger partial charge in [0.15, 0.2) is 0 Å². The van der Waals surface area contributed by atoms with Crippen molar-refractivity contribution >= 4 is 17.8 Å². The molecule has 1 aliphatic carbocycles. The molecule has 7 heteroatoms. The maximum Gasteiger partial charge on any atom is 0.325 e. The highest BCUT2D eigenvalue weighted by atomic mass is 16.3. The molecule has 19 heavy (non-hydrogen) atoms. The summed E-state index contributed by atoms with van der Waals surface area (Å²) in [7, 11) is 0. The highest BCUT2D eigenvalue weighted by molar-refractivity contribution is 6.04. The van der Waals surface area contributed by atoms with E-state index in [0.29, 0.717) is 6.54 Å².